The van der Waals surface area contributed by atoms with Gasteiger partial charge in [0.2, 0.25) is 0 Å². The SMILES string of the molecule is CN1CC[N+](CC(=O)[O-])(CC(=O)[O-])C1CO. The molecule has 0 aromatic rings. The fourth-order valence-electron chi connectivity index (χ4n) is 2.32. The molecule has 0 aliphatic carbocycles. The lowest BCUT2D eigenvalue weighted by atomic mass is 10.3. The summed E-state index contributed by atoms with van der Waals surface area (Å²) in [6, 6.07) is 0. The Hall–Kier alpha value is -1.18. The second-order valence-corrected chi connectivity index (χ2v) is 4.15. The minimum atomic E-state index is -1.32. The molecule has 1 saturated heterocycles. The summed E-state index contributed by atoms with van der Waals surface area (Å²) in [5, 5.41) is 30.6. The van der Waals surface area contributed by atoms with E-state index < -0.39 is 31.2 Å². The molecule has 0 spiro atoms. The van der Waals surface area contributed by atoms with Gasteiger partial charge in [0.25, 0.3) is 0 Å². The lowest BCUT2D eigenvalue weighted by molar-refractivity contribution is -0.934. The highest BCUT2D eigenvalue weighted by Gasteiger charge is 2.44. The molecule has 0 bridgehead atoms. The highest BCUT2D eigenvalue weighted by Crippen LogP contribution is 2.22. The summed E-state index contributed by atoms with van der Waals surface area (Å²) in [6.45, 7) is -0.264. The highest BCUT2D eigenvalue weighted by atomic mass is 16.4. The molecule has 1 N–H and O–H groups in total. The molecule has 1 heterocycles. The van der Waals surface area contributed by atoms with Crippen molar-refractivity contribution in [2.24, 2.45) is 0 Å². The van der Waals surface area contributed by atoms with Crippen molar-refractivity contribution < 1.29 is 29.4 Å². The first-order valence-electron chi connectivity index (χ1n) is 4.98. The summed E-state index contributed by atoms with van der Waals surface area (Å²) in [7, 11) is 1.71. The van der Waals surface area contributed by atoms with Crippen LogP contribution in [0.1, 0.15) is 0 Å². The average molecular weight is 231 g/mol. The molecule has 16 heavy (non-hydrogen) atoms. The lowest BCUT2D eigenvalue weighted by Gasteiger charge is -2.40. The zero-order valence-electron chi connectivity index (χ0n) is 9.09. The fourth-order valence-corrected chi connectivity index (χ4v) is 2.32. The quantitative estimate of drug-likeness (QED) is 0.479. The van der Waals surface area contributed by atoms with Crippen molar-refractivity contribution >= 4 is 11.9 Å². The first-order chi connectivity index (χ1) is 7.41. The molecule has 0 radical (unpaired) electrons. The summed E-state index contributed by atoms with van der Waals surface area (Å²) in [4.78, 5) is 23.1. The van der Waals surface area contributed by atoms with E-state index in [0.717, 1.165) is 0 Å². The number of nitrogens with zero attached hydrogens (tertiary/aromatic N) is 2. The second-order valence-electron chi connectivity index (χ2n) is 4.15. The number of carboxylic acids is 2. The first-order valence-corrected chi connectivity index (χ1v) is 4.98. The van der Waals surface area contributed by atoms with Crippen molar-refractivity contribution in [2.45, 2.75) is 6.17 Å². The van der Waals surface area contributed by atoms with Gasteiger partial charge < -0.3 is 24.9 Å². The Balaban J connectivity index is 2.93. The van der Waals surface area contributed by atoms with Crippen LogP contribution in [0.15, 0.2) is 0 Å². The molecule has 92 valence electrons. The number of carbonyl (C=O) groups is 2. The third kappa shape index (κ3) is 2.49. The van der Waals surface area contributed by atoms with E-state index in [2.05, 4.69) is 0 Å². The largest absolute Gasteiger partial charge is 0.544 e. The van der Waals surface area contributed by atoms with Crippen molar-refractivity contribution in [3.63, 3.8) is 0 Å². The van der Waals surface area contributed by atoms with Gasteiger partial charge in [-0.25, -0.2) is 4.90 Å². The number of aliphatic hydroxyl groups is 1. The number of aliphatic carboxylic acids is 2. The Kier molecular flexibility index (Phi) is 3.84. The van der Waals surface area contributed by atoms with Gasteiger partial charge in [-0.15, -0.1) is 0 Å². The highest BCUT2D eigenvalue weighted by molar-refractivity contribution is 5.68. The topological polar surface area (TPSA) is 104 Å². The van der Waals surface area contributed by atoms with E-state index >= 15 is 0 Å². The number of carboxylic acid groups (broad SMARTS) is 2. The Morgan fingerprint density at radius 1 is 1.38 bits per heavy atom. The molecule has 1 atom stereocenters. The molecule has 1 fully saturated rings. The lowest BCUT2D eigenvalue weighted by Crippen LogP contribution is -2.63. The van der Waals surface area contributed by atoms with Crippen LogP contribution in [-0.2, 0) is 9.59 Å². The maximum atomic E-state index is 10.7. The van der Waals surface area contributed by atoms with Gasteiger partial charge in [-0.2, -0.15) is 0 Å². The number of likely N-dealkylation sites (N-methyl/N-ethyl adjacent to an activating group) is 1. The van der Waals surface area contributed by atoms with Gasteiger partial charge in [0, 0.05) is 0 Å². The number of hydrogen-bond donors (Lipinski definition) is 1. The van der Waals surface area contributed by atoms with Crippen LogP contribution >= 0.6 is 0 Å². The minimum Gasteiger partial charge on any atom is -0.544 e. The molecular weight excluding hydrogens is 216 g/mol. The zero-order valence-corrected chi connectivity index (χ0v) is 9.09. The van der Waals surface area contributed by atoms with Crippen LogP contribution in [0, 0.1) is 0 Å². The Morgan fingerprint density at radius 3 is 2.25 bits per heavy atom. The number of carbonyl (C=O) groups excluding carboxylic acids is 2. The van der Waals surface area contributed by atoms with Crippen molar-refractivity contribution in [1.82, 2.24) is 4.90 Å². The smallest absolute Gasteiger partial charge is 0.169 e. The molecule has 1 aliphatic heterocycles. The van der Waals surface area contributed by atoms with E-state index in [1.165, 1.54) is 0 Å². The van der Waals surface area contributed by atoms with Gasteiger partial charge in [-0.1, -0.05) is 0 Å². The van der Waals surface area contributed by atoms with Crippen molar-refractivity contribution in [2.75, 3.05) is 39.8 Å². The van der Waals surface area contributed by atoms with Crippen LogP contribution in [-0.4, -0.2) is 72.4 Å². The third-order valence-electron chi connectivity index (χ3n) is 3.09. The van der Waals surface area contributed by atoms with E-state index in [1.54, 1.807) is 11.9 Å². The van der Waals surface area contributed by atoms with Crippen LogP contribution in [0.3, 0.4) is 0 Å². The van der Waals surface area contributed by atoms with Gasteiger partial charge >= 0.3 is 0 Å². The molecule has 1 aliphatic rings. The van der Waals surface area contributed by atoms with Crippen LogP contribution in [0.5, 0.6) is 0 Å². The maximum Gasteiger partial charge on any atom is 0.169 e. The number of aliphatic hydroxyl groups excluding tert-OH is 1. The monoisotopic (exact) mass is 231 g/mol. The van der Waals surface area contributed by atoms with E-state index in [-0.39, 0.29) is 11.1 Å². The molecule has 7 heteroatoms. The summed E-state index contributed by atoms with van der Waals surface area (Å²) >= 11 is 0. The van der Waals surface area contributed by atoms with Crippen LogP contribution in [0.25, 0.3) is 0 Å². The standard InChI is InChI=1S/C9H16N2O5/c1-10-2-3-11(4-8(13)14,5-9(15)16)7(10)6-12/h7,12H,2-6H2,1H3,(H-,13,14,15,16)/p-1. The van der Waals surface area contributed by atoms with E-state index in [4.69, 9.17) is 0 Å². The average Bonchev–Trinajstić information content (AvgIpc) is 2.40. The molecular formula is C9H15N2O5-. The van der Waals surface area contributed by atoms with Crippen LogP contribution in [0.4, 0.5) is 0 Å². The van der Waals surface area contributed by atoms with Gasteiger partial charge in [0.15, 0.2) is 6.17 Å². The summed E-state index contributed by atoms with van der Waals surface area (Å²) in [6.07, 6.45) is -0.532. The Bertz CT molecular complexity index is 278. The molecule has 7 nitrogen and oxygen atoms in total. The van der Waals surface area contributed by atoms with Gasteiger partial charge in [0.1, 0.15) is 19.7 Å². The van der Waals surface area contributed by atoms with Gasteiger partial charge in [-0.3, -0.25) is 4.48 Å². The normalized spacial score (nSPS) is 24.5. The molecule has 1 unspecified atom stereocenters. The van der Waals surface area contributed by atoms with Crippen molar-refractivity contribution in [3.8, 4) is 0 Å². The van der Waals surface area contributed by atoms with E-state index in [0.29, 0.717) is 13.1 Å². The Morgan fingerprint density at radius 2 is 1.88 bits per heavy atom. The predicted molar refractivity (Wildman–Crippen MR) is 48.4 cm³/mol. The van der Waals surface area contributed by atoms with Gasteiger partial charge in [0.05, 0.1) is 25.0 Å². The third-order valence-corrected chi connectivity index (χ3v) is 3.09. The number of hydrogen-bond acceptors (Lipinski definition) is 6. The maximum absolute atomic E-state index is 10.7. The molecule has 1 rings (SSSR count). The first kappa shape index (κ1) is 12.9. The van der Waals surface area contributed by atoms with Crippen LogP contribution < -0.4 is 10.2 Å². The molecule has 0 saturated carbocycles. The van der Waals surface area contributed by atoms with Crippen molar-refractivity contribution in [3.05, 3.63) is 0 Å². The van der Waals surface area contributed by atoms with E-state index in [1.807, 2.05) is 0 Å². The molecule has 0 aromatic carbocycles. The summed E-state index contributed by atoms with van der Waals surface area (Å²) in [5.74, 6) is -2.65. The zero-order chi connectivity index (χ0) is 12.3. The fraction of sp³-hybridized carbons (Fsp3) is 0.778. The Labute approximate surface area is 93.1 Å². The van der Waals surface area contributed by atoms with Crippen LogP contribution in [0.2, 0.25) is 0 Å². The second kappa shape index (κ2) is 4.77. The molecule has 0 aromatic heterocycles. The van der Waals surface area contributed by atoms with E-state index in [9.17, 15) is 24.9 Å². The summed E-state index contributed by atoms with van der Waals surface area (Å²) in [5.41, 5.74) is 0. The number of quaternary nitrogens is 1. The predicted octanol–water partition coefficient (Wildman–Crippen LogP) is -4.43. The summed E-state index contributed by atoms with van der Waals surface area (Å²) < 4.78 is -0.238. The minimum absolute atomic E-state index is 0.238. The van der Waals surface area contributed by atoms with Gasteiger partial charge in [-0.05, 0) is 7.05 Å². The molecule has 0 amide bonds. The van der Waals surface area contributed by atoms with Crippen molar-refractivity contribution in [1.29, 1.82) is 0 Å². The number of rotatable bonds is 5.